The van der Waals surface area contributed by atoms with Crippen molar-refractivity contribution in [2.24, 2.45) is 11.7 Å². The molecule has 0 spiro atoms. The molecule has 1 radical (unpaired) electrons. The number of halogens is 1. The second-order valence-corrected chi connectivity index (χ2v) is 8.04. The van der Waals surface area contributed by atoms with Crippen LogP contribution in [0.25, 0.3) is 0 Å². The number of likely N-dealkylation sites (tertiary alicyclic amines) is 1. The maximum absolute atomic E-state index is 14.4. The molecule has 161 valence electrons. The van der Waals surface area contributed by atoms with Crippen LogP contribution in [0.5, 0.6) is 0 Å². The quantitative estimate of drug-likeness (QED) is 0.520. The molecule has 7 heteroatoms. The fraction of sp³-hybridized carbons (Fsp3) is 0.591. The van der Waals surface area contributed by atoms with Crippen molar-refractivity contribution in [1.29, 1.82) is 0 Å². The Morgan fingerprint density at radius 1 is 1.38 bits per heavy atom. The summed E-state index contributed by atoms with van der Waals surface area (Å²) < 4.78 is 14.4. The summed E-state index contributed by atoms with van der Waals surface area (Å²) in [7, 11) is 0. The number of hydrogen-bond donors (Lipinski definition) is 3. The predicted molar refractivity (Wildman–Crippen MR) is 108 cm³/mol. The third-order valence-electron chi connectivity index (χ3n) is 5.69. The maximum atomic E-state index is 14.4. The topological polar surface area (TPSA) is 104 Å². The highest BCUT2D eigenvalue weighted by Gasteiger charge is 2.37. The SMILES string of the molecule is CC(F)(CC[C@H](C[C@@H](O)[CH]Cc1ccccc1)C(=O)N1CCCC1CO)C(N)=O. The normalized spacial score (nSPS) is 20.8. The number of alkyl halides is 1. The minimum atomic E-state index is -2.21. The van der Waals surface area contributed by atoms with Gasteiger partial charge < -0.3 is 20.8 Å². The van der Waals surface area contributed by atoms with E-state index >= 15 is 0 Å². The van der Waals surface area contributed by atoms with Crippen LogP contribution in [0.2, 0.25) is 0 Å². The summed E-state index contributed by atoms with van der Waals surface area (Å²) in [4.78, 5) is 26.0. The minimum Gasteiger partial charge on any atom is -0.394 e. The number of hydrogen-bond acceptors (Lipinski definition) is 4. The Hall–Kier alpha value is -1.99. The van der Waals surface area contributed by atoms with E-state index in [4.69, 9.17) is 5.73 Å². The first-order valence-electron chi connectivity index (χ1n) is 10.2. The Bertz CT molecular complexity index is 668. The zero-order valence-corrected chi connectivity index (χ0v) is 17.0. The molecule has 1 fully saturated rings. The predicted octanol–water partition coefficient (Wildman–Crippen LogP) is 1.78. The molecule has 4 N–H and O–H groups in total. The van der Waals surface area contributed by atoms with Gasteiger partial charge in [0.05, 0.1) is 18.8 Å². The molecule has 1 heterocycles. The Morgan fingerprint density at radius 3 is 2.69 bits per heavy atom. The molecule has 1 saturated heterocycles. The maximum Gasteiger partial charge on any atom is 0.254 e. The van der Waals surface area contributed by atoms with E-state index in [1.807, 2.05) is 30.3 Å². The first kappa shape index (κ1) is 23.3. The van der Waals surface area contributed by atoms with Crippen molar-refractivity contribution in [3.05, 3.63) is 42.3 Å². The standard InChI is InChI=1S/C22H32FN2O4/c1-22(23,21(24)29)12-11-17(20(28)25-13-5-8-18(25)15-26)14-19(27)10-9-16-6-3-2-4-7-16/h2-4,6-7,10,17-19,26-27H,5,8-9,11-15H2,1H3,(H2,24,29)/t17-,18?,19+,22?/m1/s1. The van der Waals surface area contributed by atoms with Crippen LogP contribution in [0.15, 0.2) is 30.3 Å². The summed E-state index contributed by atoms with van der Waals surface area (Å²) in [5, 5.41) is 20.0. The highest BCUT2D eigenvalue weighted by Crippen LogP contribution is 2.28. The summed E-state index contributed by atoms with van der Waals surface area (Å²) in [6.45, 7) is 1.53. The molecule has 0 aromatic heterocycles. The highest BCUT2D eigenvalue weighted by molar-refractivity contribution is 5.83. The Balaban J connectivity index is 2.02. The molecular formula is C22H32FN2O4. The smallest absolute Gasteiger partial charge is 0.254 e. The Morgan fingerprint density at radius 2 is 2.07 bits per heavy atom. The lowest BCUT2D eigenvalue weighted by atomic mass is 9.88. The molecule has 0 saturated carbocycles. The summed E-state index contributed by atoms with van der Waals surface area (Å²) in [5.41, 5.74) is 3.95. The number of carbonyl (C=O) groups is 2. The Kier molecular flexibility index (Phi) is 8.59. The van der Waals surface area contributed by atoms with E-state index in [0.29, 0.717) is 13.0 Å². The molecule has 0 bridgehead atoms. The van der Waals surface area contributed by atoms with Gasteiger partial charge in [0.25, 0.3) is 5.91 Å². The minimum absolute atomic E-state index is 0.0969. The van der Waals surface area contributed by atoms with Crippen molar-refractivity contribution >= 4 is 11.8 Å². The summed E-state index contributed by atoms with van der Waals surface area (Å²) in [6, 6.07) is 9.39. The number of nitrogens with two attached hydrogens (primary N) is 1. The van der Waals surface area contributed by atoms with Gasteiger partial charge in [0.1, 0.15) is 0 Å². The summed E-state index contributed by atoms with van der Waals surface area (Å²) in [5.74, 6) is -1.93. The van der Waals surface area contributed by atoms with E-state index in [2.05, 4.69) is 0 Å². The molecule has 2 amide bonds. The summed E-state index contributed by atoms with van der Waals surface area (Å²) >= 11 is 0. The molecule has 1 aromatic rings. The number of amides is 2. The van der Waals surface area contributed by atoms with Crippen molar-refractivity contribution in [3.63, 3.8) is 0 Å². The molecular weight excluding hydrogens is 375 g/mol. The van der Waals surface area contributed by atoms with Crippen LogP contribution >= 0.6 is 0 Å². The monoisotopic (exact) mass is 407 g/mol. The van der Waals surface area contributed by atoms with Gasteiger partial charge in [-0.15, -0.1) is 0 Å². The van der Waals surface area contributed by atoms with E-state index in [-0.39, 0.29) is 37.8 Å². The molecule has 6 nitrogen and oxygen atoms in total. The van der Waals surface area contributed by atoms with Crippen LogP contribution in [-0.4, -0.2) is 57.9 Å². The largest absolute Gasteiger partial charge is 0.394 e. The molecule has 1 aromatic carbocycles. The Labute approximate surface area is 171 Å². The number of primary amides is 1. The average Bonchev–Trinajstić information content (AvgIpc) is 3.18. The molecule has 0 aliphatic carbocycles. The van der Waals surface area contributed by atoms with Crippen LogP contribution < -0.4 is 5.73 Å². The molecule has 2 rings (SSSR count). The second-order valence-electron chi connectivity index (χ2n) is 8.04. The van der Waals surface area contributed by atoms with E-state index in [1.54, 1.807) is 11.3 Å². The number of aliphatic hydroxyl groups is 2. The van der Waals surface area contributed by atoms with Crippen LogP contribution in [0, 0.1) is 12.3 Å². The zero-order chi connectivity index (χ0) is 21.4. The molecule has 29 heavy (non-hydrogen) atoms. The number of rotatable bonds is 11. The molecule has 1 aliphatic heterocycles. The van der Waals surface area contributed by atoms with Gasteiger partial charge in [-0.1, -0.05) is 30.3 Å². The summed E-state index contributed by atoms with van der Waals surface area (Å²) in [6.07, 6.45) is 2.99. The third kappa shape index (κ3) is 6.78. The van der Waals surface area contributed by atoms with Crippen LogP contribution in [0.1, 0.15) is 44.6 Å². The number of nitrogens with zero attached hydrogens (tertiary/aromatic N) is 1. The third-order valence-corrected chi connectivity index (χ3v) is 5.69. The number of carbonyl (C=O) groups excluding carboxylic acids is 2. The molecule has 2 unspecified atom stereocenters. The van der Waals surface area contributed by atoms with E-state index in [1.165, 1.54) is 0 Å². The number of benzene rings is 1. The van der Waals surface area contributed by atoms with Gasteiger partial charge in [-0.25, -0.2) is 4.39 Å². The van der Waals surface area contributed by atoms with Gasteiger partial charge in [0.2, 0.25) is 5.91 Å². The van der Waals surface area contributed by atoms with Crippen LogP contribution in [-0.2, 0) is 16.0 Å². The van der Waals surface area contributed by atoms with Crippen molar-refractivity contribution in [2.75, 3.05) is 13.2 Å². The fourth-order valence-corrected chi connectivity index (χ4v) is 3.73. The van der Waals surface area contributed by atoms with E-state index in [9.17, 15) is 24.2 Å². The van der Waals surface area contributed by atoms with Gasteiger partial charge in [-0.3, -0.25) is 9.59 Å². The lowest BCUT2D eigenvalue weighted by Crippen LogP contribution is -2.43. The van der Waals surface area contributed by atoms with Crippen molar-refractivity contribution in [1.82, 2.24) is 4.90 Å². The molecule has 4 atom stereocenters. The lowest BCUT2D eigenvalue weighted by Gasteiger charge is -2.30. The van der Waals surface area contributed by atoms with Gasteiger partial charge >= 0.3 is 0 Å². The van der Waals surface area contributed by atoms with Crippen molar-refractivity contribution in [3.8, 4) is 0 Å². The van der Waals surface area contributed by atoms with Crippen molar-refractivity contribution < 1.29 is 24.2 Å². The van der Waals surface area contributed by atoms with Gasteiger partial charge in [0, 0.05) is 12.5 Å². The average molecular weight is 408 g/mol. The van der Waals surface area contributed by atoms with Crippen LogP contribution in [0.4, 0.5) is 4.39 Å². The molecule has 1 aliphatic rings. The first-order chi connectivity index (χ1) is 13.7. The van der Waals surface area contributed by atoms with E-state index in [0.717, 1.165) is 25.3 Å². The van der Waals surface area contributed by atoms with Gasteiger partial charge in [-0.2, -0.15) is 0 Å². The van der Waals surface area contributed by atoms with Crippen LogP contribution in [0.3, 0.4) is 0 Å². The number of aliphatic hydroxyl groups excluding tert-OH is 2. The fourth-order valence-electron chi connectivity index (χ4n) is 3.73. The van der Waals surface area contributed by atoms with Crippen molar-refractivity contribution in [2.45, 2.75) is 63.3 Å². The van der Waals surface area contributed by atoms with Gasteiger partial charge in [-0.05, 0) is 57.4 Å². The highest BCUT2D eigenvalue weighted by atomic mass is 19.1. The first-order valence-corrected chi connectivity index (χ1v) is 10.2. The van der Waals surface area contributed by atoms with E-state index < -0.39 is 23.6 Å². The zero-order valence-electron chi connectivity index (χ0n) is 17.0. The lowest BCUT2D eigenvalue weighted by molar-refractivity contribution is -0.139. The second kappa shape index (κ2) is 10.7. The van der Waals surface area contributed by atoms with Gasteiger partial charge in [0.15, 0.2) is 5.67 Å².